The van der Waals surface area contributed by atoms with Gasteiger partial charge in [0, 0.05) is 11.1 Å². The number of benzene rings is 2. The van der Waals surface area contributed by atoms with Crippen molar-refractivity contribution in [2.75, 3.05) is 7.11 Å². The van der Waals surface area contributed by atoms with Crippen LogP contribution in [0, 0.1) is 6.92 Å². The summed E-state index contributed by atoms with van der Waals surface area (Å²) in [5, 5.41) is 1.05. The third-order valence-corrected chi connectivity index (χ3v) is 3.67. The van der Waals surface area contributed by atoms with E-state index < -0.39 is 0 Å². The summed E-state index contributed by atoms with van der Waals surface area (Å²) in [5.41, 5.74) is 9.22. The highest BCUT2D eigenvalue weighted by atomic mass is 35.5. The lowest BCUT2D eigenvalue weighted by Crippen LogP contribution is -2.12. The molecule has 0 aromatic heterocycles. The van der Waals surface area contributed by atoms with Gasteiger partial charge in [-0.15, -0.1) is 0 Å². The van der Waals surface area contributed by atoms with E-state index in [0.29, 0.717) is 15.8 Å². The predicted molar refractivity (Wildman–Crippen MR) is 80.2 cm³/mol. The van der Waals surface area contributed by atoms with E-state index in [1.807, 2.05) is 31.2 Å². The van der Waals surface area contributed by atoms with Gasteiger partial charge >= 0.3 is 0 Å². The van der Waals surface area contributed by atoms with Gasteiger partial charge in [0.15, 0.2) is 0 Å². The number of aryl methyl sites for hydroxylation is 1. The van der Waals surface area contributed by atoms with Crippen LogP contribution in [0.4, 0.5) is 0 Å². The van der Waals surface area contributed by atoms with E-state index >= 15 is 0 Å². The Hall–Kier alpha value is -1.22. The van der Waals surface area contributed by atoms with Crippen molar-refractivity contribution in [3.63, 3.8) is 0 Å². The zero-order chi connectivity index (χ0) is 14.0. The van der Waals surface area contributed by atoms with Gasteiger partial charge in [-0.05, 0) is 24.1 Å². The maximum absolute atomic E-state index is 6.24. The Balaban J connectivity index is 2.41. The smallest absolute Gasteiger partial charge is 0.138 e. The quantitative estimate of drug-likeness (QED) is 0.913. The molecule has 0 saturated heterocycles. The lowest BCUT2D eigenvalue weighted by molar-refractivity contribution is 0.415. The van der Waals surface area contributed by atoms with Crippen molar-refractivity contribution in [3.8, 4) is 5.75 Å². The number of nitrogens with two attached hydrogens (primary N) is 1. The first kappa shape index (κ1) is 14.2. The van der Waals surface area contributed by atoms with Crippen LogP contribution < -0.4 is 10.5 Å². The summed E-state index contributed by atoms with van der Waals surface area (Å²) >= 11 is 12.4. The molecule has 0 aliphatic rings. The molecule has 2 N–H and O–H groups in total. The molecule has 0 aliphatic heterocycles. The van der Waals surface area contributed by atoms with Crippen LogP contribution in [-0.4, -0.2) is 7.11 Å². The van der Waals surface area contributed by atoms with Crippen molar-refractivity contribution in [2.24, 2.45) is 5.73 Å². The highest BCUT2D eigenvalue weighted by Crippen LogP contribution is 2.35. The third-order valence-electron chi connectivity index (χ3n) is 3.04. The summed E-state index contributed by atoms with van der Waals surface area (Å²) < 4.78 is 5.12. The zero-order valence-corrected chi connectivity index (χ0v) is 12.3. The lowest BCUT2D eigenvalue weighted by atomic mass is 9.98. The number of rotatable bonds is 3. The monoisotopic (exact) mass is 295 g/mol. The van der Waals surface area contributed by atoms with Gasteiger partial charge in [-0.1, -0.05) is 53.0 Å². The molecule has 2 aromatic carbocycles. The topological polar surface area (TPSA) is 35.2 Å². The lowest BCUT2D eigenvalue weighted by Gasteiger charge is -2.16. The van der Waals surface area contributed by atoms with Crippen LogP contribution in [0.25, 0.3) is 0 Å². The van der Waals surface area contributed by atoms with Gasteiger partial charge in [-0.2, -0.15) is 0 Å². The van der Waals surface area contributed by atoms with E-state index in [-0.39, 0.29) is 6.04 Å². The van der Waals surface area contributed by atoms with Crippen molar-refractivity contribution in [1.82, 2.24) is 0 Å². The molecule has 0 aliphatic carbocycles. The van der Waals surface area contributed by atoms with E-state index in [1.165, 1.54) is 5.56 Å². The maximum Gasteiger partial charge on any atom is 0.138 e. The van der Waals surface area contributed by atoms with Gasteiger partial charge in [-0.3, -0.25) is 0 Å². The average molecular weight is 296 g/mol. The highest BCUT2D eigenvalue weighted by molar-refractivity contribution is 6.34. The Labute approximate surface area is 123 Å². The number of methoxy groups -OCH3 is 1. The largest absolute Gasteiger partial charge is 0.495 e. The summed E-state index contributed by atoms with van der Waals surface area (Å²) in [6.45, 7) is 2.03. The van der Waals surface area contributed by atoms with Gasteiger partial charge in [0.25, 0.3) is 0 Å². The fourth-order valence-electron chi connectivity index (χ4n) is 1.89. The van der Waals surface area contributed by atoms with Crippen LogP contribution in [0.1, 0.15) is 22.7 Å². The van der Waals surface area contributed by atoms with Crippen LogP contribution >= 0.6 is 23.2 Å². The van der Waals surface area contributed by atoms with E-state index in [9.17, 15) is 0 Å². The molecule has 2 aromatic rings. The molecule has 19 heavy (non-hydrogen) atoms. The second-order valence-electron chi connectivity index (χ2n) is 4.40. The first-order valence-electron chi connectivity index (χ1n) is 5.88. The minimum atomic E-state index is -0.309. The van der Waals surface area contributed by atoms with Gasteiger partial charge in [0.1, 0.15) is 5.75 Å². The minimum absolute atomic E-state index is 0.309. The van der Waals surface area contributed by atoms with Crippen molar-refractivity contribution < 1.29 is 4.74 Å². The molecule has 0 radical (unpaired) electrons. The molecular formula is C15H15Cl2NO. The van der Waals surface area contributed by atoms with Crippen LogP contribution in [0.2, 0.25) is 10.0 Å². The van der Waals surface area contributed by atoms with Gasteiger partial charge < -0.3 is 10.5 Å². The Bertz CT molecular complexity index is 581. The summed E-state index contributed by atoms with van der Waals surface area (Å²) in [6.07, 6.45) is 0. The summed E-state index contributed by atoms with van der Waals surface area (Å²) in [6, 6.07) is 11.2. The fraction of sp³-hybridized carbons (Fsp3) is 0.200. The van der Waals surface area contributed by atoms with Crippen LogP contribution in [-0.2, 0) is 0 Å². The number of hydrogen-bond acceptors (Lipinski definition) is 2. The van der Waals surface area contributed by atoms with E-state index in [1.54, 1.807) is 19.2 Å². The molecule has 1 unspecified atom stereocenters. The molecule has 0 spiro atoms. The minimum Gasteiger partial charge on any atom is -0.495 e. The summed E-state index contributed by atoms with van der Waals surface area (Å²) in [7, 11) is 1.55. The summed E-state index contributed by atoms with van der Waals surface area (Å²) in [5.74, 6) is 0.548. The molecule has 2 nitrogen and oxygen atoms in total. The molecule has 0 bridgehead atoms. The molecule has 0 saturated carbocycles. The second-order valence-corrected chi connectivity index (χ2v) is 5.21. The van der Waals surface area contributed by atoms with E-state index in [4.69, 9.17) is 33.7 Å². The SMILES string of the molecule is COc1cc(Cl)c(C(N)c2ccc(C)cc2)cc1Cl. The Morgan fingerprint density at radius 3 is 2.26 bits per heavy atom. The normalized spacial score (nSPS) is 12.3. The Kier molecular flexibility index (Phi) is 4.35. The van der Waals surface area contributed by atoms with Crippen LogP contribution in [0.15, 0.2) is 36.4 Å². The standard InChI is InChI=1S/C15H15Cl2NO/c1-9-3-5-10(6-4-9)15(18)11-7-13(17)14(19-2)8-12(11)16/h3-8,15H,18H2,1-2H3. The van der Waals surface area contributed by atoms with E-state index in [0.717, 1.165) is 11.1 Å². The average Bonchev–Trinajstić information content (AvgIpc) is 2.41. The van der Waals surface area contributed by atoms with Crippen molar-refractivity contribution in [3.05, 3.63) is 63.1 Å². The van der Waals surface area contributed by atoms with Crippen LogP contribution in [0.5, 0.6) is 5.75 Å². The first-order chi connectivity index (χ1) is 9.02. The number of hydrogen-bond donors (Lipinski definition) is 1. The highest BCUT2D eigenvalue weighted by Gasteiger charge is 2.15. The molecule has 1 atom stereocenters. The Morgan fingerprint density at radius 2 is 1.68 bits per heavy atom. The van der Waals surface area contributed by atoms with Gasteiger partial charge in [0.05, 0.1) is 18.2 Å². The second kappa shape index (κ2) is 5.83. The number of ether oxygens (including phenoxy) is 1. The molecule has 2 rings (SSSR count). The molecule has 0 heterocycles. The van der Waals surface area contributed by atoms with Crippen molar-refractivity contribution in [1.29, 1.82) is 0 Å². The van der Waals surface area contributed by atoms with Crippen molar-refractivity contribution in [2.45, 2.75) is 13.0 Å². The molecule has 100 valence electrons. The fourth-order valence-corrected chi connectivity index (χ4v) is 2.41. The third kappa shape index (κ3) is 3.03. The number of halogens is 2. The maximum atomic E-state index is 6.24. The van der Waals surface area contributed by atoms with Gasteiger partial charge in [-0.25, -0.2) is 0 Å². The predicted octanol–water partition coefficient (Wildman–Crippen LogP) is 4.36. The van der Waals surface area contributed by atoms with Crippen molar-refractivity contribution >= 4 is 23.2 Å². The first-order valence-corrected chi connectivity index (χ1v) is 6.63. The molecule has 4 heteroatoms. The Morgan fingerprint density at radius 1 is 1.05 bits per heavy atom. The van der Waals surface area contributed by atoms with Crippen LogP contribution in [0.3, 0.4) is 0 Å². The zero-order valence-electron chi connectivity index (χ0n) is 10.8. The summed E-state index contributed by atoms with van der Waals surface area (Å²) in [4.78, 5) is 0. The van der Waals surface area contributed by atoms with Gasteiger partial charge in [0.2, 0.25) is 0 Å². The molecular weight excluding hydrogens is 281 g/mol. The molecule has 0 amide bonds. The molecule has 0 fully saturated rings. The van der Waals surface area contributed by atoms with E-state index in [2.05, 4.69) is 0 Å².